The highest BCUT2D eigenvalue weighted by molar-refractivity contribution is 6.02. The molecule has 2 aliphatic rings. The molecule has 32 heavy (non-hydrogen) atoms. The van der Waals surface area contributed by atoms with Gasteiger partial charge in [-0.25, -0.2) is 4.79 Å². The third-order valence-corrected chi connectivity index (χ3v) is 5.84. The van der Waals surface area contributed by atoms with Crippen LogP contribution in [0.3, 0.4) is 0 Å². The molecular formula is C26H20O6. The van der Waals surface area contributed by atoms with Crippen molar-refractivity contribution >= 4 is 11.0 Å². The zero-order valence-corrected chi connectivity index (χ0v) is 17.5. The van der Waals surface area contributed by atoms with E-state index in [2.05, 4.69) is 0 Å². The number of hydrogen-bond acceptors (Lipinski definition) is 6. The van der Waals surface area contributed by atoms with Crippen LogP contribution >= 0.6 is 0 Å². The molecule has 0 saturated carbocycles. The van der Waals surface area contributed by atoms with E-state index in [1.54, 1.807) is 6.92 Å². The molecule has 4 aromatic rings. The molecule has 3 aromatic carbocycles. The standard InChI is InChI=1S/C26H20O6/c1-15-24(17-6-8-21-23(14-17)31-12-10-29-21)19-4-2-3-18(25(19)32-26(15)27)16-5-7-20-22(13-16)30-11-9-28-20/h2-8,13-14H,9-12H2,1H3. The highest BCUT2D eigenvalue weighted by atomic mass is 16.6. The summed E-state index contributed by atoms with van der Waals surface area (Å²) in [4.78, 5) is 12.9. The Morgan fingerprint density at radius 1 is 0.688 bits per heavy atom. The molecule has 0 fully saturated rings. The molecule has 6 heteroatoms. The molecule has 0 radical (unpaired) electrons. The van der Waals surface area contributed by atoms with Crippen molar-refractivity contribution in [3.05, 3.63) is 70.6 Å². The quantitative estimate of drug-likeness (QED) is 0.420. The van der Waals surface area contributed by atoms with Crippen LogP contribution in [0.15, 0.2) is 63.8 Å². The summed E-state index contributed by atoms with van der Waals surface area (Å²) < 4.78 is 28.6. The lowest BCUT2D eigenvalue weighted by Crippen LogP contribution is -2.15. The number of rotatable bonds is 2. The molecule has 0 bridgehead atoms. The lowest BCUT2D eigenvalue weighted by Gasteiger charge is -2.20. The van der Waals surface area contributed by atoms with Gasteiger partial charge >= 0.3 is 5.63 Å². The van der Waals surface area contributed by atoms with Gasteiger partial charge in [0.25, 0.3) is 0 Å². The molecule has 6 rings (SSSR count). The molecule has 1 aromatic heterocycles. The van der Waals surface area contributed by atoms with Gasteiger partial charge in [-0.2, -0.15) is 0 Å². The molecule has 0 amide bonds. The summed E-state index contributed by atoms with van der Waals surface area (Å²) in [5.74, 6) is 2.79. The Hall–Kier alpha value is -3.93. The van der Waals surface area contributed by atoms with Crippen LogP contribution in [0.2, 0.25) is 0 Å². The molecule has 0 unspecified atom stereocenters. The summed E-state index contributed by atoms with van der Waals surface area (Å²) in [7, 11) is 0. The third-order valence-electron chi connectivity index (χ3n) is 5.84. The molecule has 0 spiro atoms. The van der Waals surface area contributed by atoms with Crippen LogP contribution in [0, 0.1) is 6.92 Å². The lowest BCUT2D eigenvalue weighted by molar-refractivity contribution is 0.171. The second kappa shape index (κ2) is 7.34. The summed E-state index contributed by atoms with van der Waals surface area (Å²) >= 11 is 0. The van der Waals surface area contributed by atoms with E-state index in [0.717, 1.165) is 33.4 Å². The van der Waals surface area contributed by atoms with Crippen LogP contribution in [0.4, 0.5) is 0 Å². The van der Waals surface area contributed by atoms with E-state index in [1.807, 2.05) is 54.6 Å². The molecular weight excluding hydrogens is 408 g/mol. The van der Waals surface area contributed by atoms with E-state index in [9.17, 15) is 4.79 Å². The van der Waals surface area contributed by atoms with E-state index in [0.29, 0.717) is 54.8 Å². The minimum atomic E-state index is -0.368. The van der Waals surface area contributed by atoms with Crippen LogP contribution in [0.25, 0.3) is 33.2 Å². The van der Waals surface area contributed by atoms with Crippen molar-refractivity contribution in [1.29, 1.82) is 0 Å². The van der Waals surface area contributed by atoms with Gasteiger partial charge in [-0.05, 0) is 42.3 Å². The molecule has 0 saturated heterocycles. The maximum Gasteiger partial charge on any atom is 0.339 e. The molecule has 0 N–H and O–H groups in total. The predicted octanol–water partition coefficient (Wildman–Crippen LogP) is 4.98. The Balaban J connectivity index is 1.57. The molecule has 160 valence electrons. The first-order valence-corrected chi connectivity index (χ1v) is 10.6. The first kappa shape index (κ1) is 18.8. The Labute approximate surface area is 183 Å². The molecule has 2 aliphatic heterocycles. The summed E-state index contributed by atoms with van der Waals surface area (Å²) in [5.41, 5.74) is 4.12. The SMILES string of the molecule is Cc1c(-c2ccc3c(c2)OCCO3)c2cccc(-c3ccc4c(c3)OCCO4)c2oc1=O. The minimum absolute atomic E-state index is 0.368. The van der Waals surface area contributed by atoms with Crippen LogP contribution in [0.5, 0.6) is 23.0 Å². The molecule has 0 atom stereocenters. The average Bonchev–Trinajstić information content (AvgIpc) is 2.84. The first-order valence-electron chi connectivity index (χ1n) is 10.6. The van der Waals surface area contributed by atoms with Crippen molar-refractivity contribution in [2.24, 2.45) is 0 Å². The van der Waals surface area contributed by atoms with Gasteiger partial charge in [0.2, 0.25) is 0 Å². The summed E-state index contributed by atoms with van der Waals surface area (Å²) in [6.07, 6.45) is 0. The van der Waals surface area contributed by atoms with Crippen LogP contribution in [-0.4, -0.2) is 26.4 Å². The number of hydrogen-bond donors (Lipinski definition) is 0. The highest BCUT2D eigenvalue weighted by Crippen LogP contribution is 2.41. The Kier molecular flexibility index (Phi) is 4.31. The normalized spacial score (nSPS) is 14.4. The summed E-state index contributed by atoms with van der Waals surface area (Å²) in [6, 6.07) is 17.4. The van der Waals surface area contributed by atoms with Crippen LogP contribution in [-0.2, 0) is 0 Å². The number of fused-ring (bicyclic) bond motifs is 3. The fourth-order valence-electron chi connectivity index (χ4n) is 4.33. The molecule has 6 nitrogen and oxygen atoms in total. The maximum absolute atomic E-state index is 12.9. The Morgan fingerprint density at radius 2 is 1.28 bits per heavy atom. The van der Waals surface area contributed by atoms with Gasteiger partial charge in [-0.1, -0.05) is 30.3 Å². The van der Waals surface area contributed by atoms with E-state index in [1.165, 1.54) is 0 Å². The van der Waals surface area contributed by atoms with Gasteiger partial charge < -0.3 is 23.4 Å². The Morgan fingerprint density at radius 3 is 1.97 bits per heavy atom. The maximum atomic E-state index is 12.9. The van der Waals surface area contributed by atoms with Gasteiger partial charge in [-0.3, -0.25) is 0 Å². The van der Waals surface area contributed by atoms with Crippen molar-refractivity contribution in [3.63, 3.8) is 0 Å². The van der Waals surface area contributed by atoms with Crippen LogP contribution in [0.1, 0.15) is 5.56 Å². The van der Waals surface area contributed by atoms with Gasteiger partial charge in [0.05, 0.1) is 0 Å². The Bertz CT molecular complexity index is 1420. The van der Waals surface area contributed by atoms with Gasteiger partial charge in [-0.15, -0.1) is 0 Å². The second-order valence-corrected chi connectivity index (χ2v) is 7.79. The number of para-hydroxylation sites is 1. The summed E-state index contributed by atoms with van der Waals surface area (Å²) in [6.45, 7) is 3.86. The first-order chi connectivity index (χ1) is 15.7. The molecule has 0 aliphatic carbocycles. The third kappa shape index (κ3) is 2.99. The van der Waals surface area contributed by atoms with E-state index >= 15 is 0 Å². The van der Waals surface area contributed by atoms with E-state index in [-0.39, 0.29) is 5.63 Å². The monoisotopic (exact) mass is 428 g/mol. The van der Waals surface area contributed by atoms with Crippen molar-refractivity contribution in [3.8, 4) is 45.3 Å². The van der Waals surface area contributed by atoms with Crippen molar-refractivity contribution in [1.82, 2.24) is 0 Å². The molecule has 3 heterocycles. The van der Waals surface area contributed by atoms with E-state index in [4.69, 9.17) is 23.4 Å². The number of ether oxygens (including phenoxy) is 4. The largest absolute Gasteiger partial charge is 0.486 e. The second-order valence-electron chi connectivity index (χ2n) is 7.79. The minimum Gasteiger partial charge on any atom is -0.486 e. The zero-order chi connectivity index (χ0) is 21.7. The van der Waals surface area contributed by atoms with Crippen molar-refractivity contribution in [2.45, 2.75) is 6.92 Å². The highest BCUT2D eigenvalue weighted by Gasteiger charge is 2.20. The average molecular weight is 428 g/mol. The fraction of sp³-hybridized carbons (Fsp3) is 0.192. The lowest BCUT2D eigenvalue weighted by atomic mass is 9.94. The van der Waals surface area contributed by atoms with Gasteiger partial charge in [0.15, 0.2) is 23.0 Å². The van der Waals surface area contributed by atoms with Crippen molar-refractivity contribution < 1.29 is 23.4 Å². The summed E-state index contributed by atoms with van der Waals surface area (Å²) in [5, 5.41) is 0.853. The predicted molar refractivity (Wildman–Crippen MR) is 120 cm³/mol. The van der Waals surface area contributed by atoms with E-state index < -0.39 is 0 Å². The smallest absolute Gasteiger partial charge is 0.339 e. The zero-order valence-electron chi connectivity index (χ0n) is 17.5. The van der Waals surface area contributed by atoms with Crippen molar-refractivity contribution in [2.75, 3.05) is 26.4 Å². The van der Waals surface area contributed by atoms with Gasteiger partial charge in [0.1, 0.15) is 32.0 Å². The topological polar surface area (TPSA) is 67.1 Å². The van der Waals surface area contributed by atoms with Crippen LogP contribution < -0.4 is 24.6 Å². The van der Waals surface area contributed by atoms with Gasteiger partial charge in [0, 0.05) is 22.1 Å². The fourth-order valence-corrected chi connectivity index (χ4v) is 4.33. The number of benzene rings is 3.